The van der Waals surface area contributed by atoms with Gasteiger partial charge in [0, 0.05) is 11.5 Å². The molecule has 0 N–H and O–H groups in total. The molecule has 0 unspecified atom stereocenters. The first kappa shape index (κ1) is 11.9. The lowest BCUT2D eigenvalue weighted by Gasteiger charge is -2.06. The molecule has 1 aromatic heterocycles. The van der Waals surface area contributed by atoms with Crippen molar-refractivity contribution in [1.82, 2.24) is 14.3 Å². The number of aromatic nitrogens is 3. The van der Waals surface area contributed by atoms with Gasteiger partial charge in [0.05, 0.1) is 13.7 Å². The highest BCUT2D eigenvalue weighted by Gasteiger charge is 2.07. The maximum absolute atomic E-state index is 11.7. The first-order valence-electron chi connectivity index (χ1n) is 5.02. The summed E-state index contributed by atoms with van der Waals surface area (Å²) in [5.74, 6) is 0.757. The van der Waals surface area contributed by atoms with Crippen LogP contribution in [0.15, 0.2) is 33.8 Å². The molecular weight excluding hydrogens is 286 g/mol. The Balaban J connectivity index is 2.35. The molecule has 0 amide bonds. The van der Waals surface area contributed by atoms with Crippen molar-refractivity contribution in [2.24, 2.45) is 7.05 Å². The first-order valence-corrected chi connectivity index (χ1v) is 5.82. The third-order valence-corrected chi connectivity index (χ3v) is 3.23. The minimum atomic E-state index is -0.139. The number of halogens is 1. The first-order chi connectivity index (χ1) is 8.11. The van der Waals surface area contributed by atoms with Crippen molar-refractivity contribution in [3.05, 3.63) is 45.0 Å². The molecule has 6 heteroatoms. The van der Waals surface area contributed by atoms with E-state index in [1.807, 2.05) is 18.2 Å². The monoisotopic (exact) mass is 297 g/mol. The van der Waals surface area contributed by atoms with E-state index in [0.29, 0.717) is 6.54 Å². The van der Waals surface area contributed by atoms with Crippen LogP contribution in [-0.2, 0) is 13.6 Å². The lowest BCUT2D eigenvalue weighted by atomic mass is 10.2. The standard InChI is InChI=1S/C11H12BrN3O2/c1-14-7-13-15(11(14)16)6-8-5-9(17-2)3-4-10(8)12/h3-5,7H,6H2,1-2H3. The number of ether oxygens (including phenoxy) is 1. The maximum atomic E-state index is 11.7. The molecular formula is C11H12BrN3O2. The van der Waals surface area contributed by atoms with Gasteiger partial charge in [-0.3, -0.25) is 4.57 Å². The predicted molar refractivity (Wildman–Crippen MR) is 67.3 cm³/mol. The van der Waals surface area contributed by atoms with E-state index in [1.54, 1.807) is 14.2 Å². The normalized spacial score (nSPS) is 10.5. The summed E-state index contributed by atoms with van der Waals surface area (Å²) in [6.07, 6.45) is 1.50. The Morgan fingerprint density at radius 3 is 2.82 bits per heavy atom. The van der Waals surface area contributed by atoms with Crippen LogP contribution in [0.3, 0.4) is 0 Å². The zero-order valence-electron chi connectivity index (χ0n) is 9.55. The Hall–Kier alpha value is -1.56. The van der Waals surface area contributed by atoms with Crippen molar-refractivity contribution >= 4 is 15.9 Å². The molecule has 0 radical (unpaired) electrons. The molecule has 0 aliphatic carbocycles. The van der Waals surface area contributed by atoms with Crippen molar-refractivity contribution in [3.8, 4) is 5.75 Å². The molecule has 0 fully saturated rings. The topological polar surface area (TPSA) is 49.0 Å². The average Bonchev–Trinajstić information content (AvgIpc) is 2.64. The number of hydrogen-bond acceptors (Lipinski definition) is 3. The quantitative estimate of drug-likeness (QED) is 0.860. The summed E-state index contributed by atoms with van der Waals surface area (Å²) in [6, 6.07) is 5.63. The Bertz CT molecular complexity index is 589. The van der Waals surface area contributed by atoms with Crippen LogP contribution in [0, 0.1) is 0 Å². The molecule has 90 valence electrons. The lowest BCUT2D eigenvalue weighted by Crippen LogP contribution is -2.23. The van der Waals surface area contributed by atoms with Crippen LogP contribution < -0.4 is 10.4 Å². The Morgan fingerprint density at radius 2 is 2.24 bits per heavy atom. The van der Waals surface area contributed by atoms with Crippen LogP contribution in [-0.4, -0.2) is 21.5 Å². The highest BCUT2D eigenvalue weighted by atomic mass is 79.9. The molecule has 0 aliphatic rings. The predicted octanol–water partition coefficient (Wildman–Crippen LogP) is 1.40. The molecule has 0 spiro atoms. The van der Waals surface area contributed by atoms with E-state index in [4.69, 9.17) is 4.74 Å². The van der Waals surface area contributed by atoms with Crippen LogP contribution in [0.2, 0.25) is 0 Å². The van der Waals surface area contributed by atoms with Gasteiger partial charge in [-0.15, -0.1) is 0 Å². The molecule has 0 aliphatic heterocycles. The third-order valence-electron chi connectivity index (χ3n) is 2.46. The summed E-state index contributed by atoms with van der Waals surface area (Å²) in [7, 11) is 3.28. The maximum Gasteiger partial charge on any atom is 0.345 e. The number of benzene rings is 1. The molecule has 1 aromatic carbocycles. The van der Waals surface area contributed by atoms with Gasteiger partial charge in [0.25, 0.3) is 0 Å². The van der Waals surface area contributed by atoms with E-state index in [2.05, 4.69) is 21.0 Å². The van der Waals surface area contributed by atoms with Crippen LogP contribution in [0.1, 0.15) is 5.56 Å². The lowest BCUT2D eigenvalue weighted by molar-refractivity contribution is 0.414. The minimum absolute atomic E-state index is 0.139. The van der Waals surface area contributed by atoms with Gasteiger partial charge in [-0.1, -0.05) is 15.9 Å². The largest absolute Gasteiger partial charge is 0.497 e. The van der Waals surface area contributed by atoms with E-state index in [9.17, 15) is 4.79 Å². The van der Waals surface area contributed by atoms with Crippen LogP contribution >= 0.6 is 15.9 Å². The van der Waals surface area contributed by atoms with Gasteiger partial charge in [0.2, 0.25) is 0 Å². The van der Waals surface area contributed by atoms with Crippen molar-refractivity contribution in [3.63, 3.8) is 0 Å². The molecule has 2 rings (SSSR count). The van der Waals surface area contributed by atoms with Gasteiger partial charge in [-0.2, -0.15) is 5.10 Å². The summed E-state index contributed by atoms with van der Waals surface area (Å²) < 4.78 is 8.92. The molecule has 17 heavy (non-hydrogen) atoms. The minimum Gasteiger partial charge on any atom is -0.497 e. The Kier molecular flexibility index (Phi) is 3.33. The summed E-state index contributed by atoms with van der Waals surface area (Å²) in [6.45, 7) is 0.414. The zero-order chi connectivity index (χ0) is 12.4. The number of methoxy groups -OCH3 is 1. The molecule has 5 nitrogen and oxygen atoms in total. The molecule has 0 saturated heterocycles. The number of aryl methyl sites for hydroxylation is 1. The van der Waals surface area contributed by atoms with Crippen LogP contribution in [0.5, 0.6) is 5.75 Å². The van der Waals surface area contributed by atoms with Gasteiger partial charge >= 0.3 is 5.69 Å². The van der Waals surface area contributed by atoms with Crippen LogP contribution in [0.4, 0.5) is 0 Å². The number of rotatable bonds is 3. The molecule has 1 heterocycles. The SMILES string of the molecule is COc1ccc(Br)c(Cn2ncn(C)c2=O)c1. The Labute approximate surface area is 107 Å². The average molecular weight is 298 g/mol. The highest BCUT2D eigenvalue weighted by molar-refractivity contribution is 9.10. The van der Waals surface area contributed by atoms with E-state index < -0.39 is 0 Å². The number of nitrogens with zero attached hydrogens (tertiary/aromatic N) is 3. The van der Waals surface area contributed by atoms with E-state index in [1.165, 1.54) is 15.6 Å². The highest BCUT2D eigenvalue weighted by Crippen LogP contribution is 2.22. The van der Waals surface area contributed by atoms with Crippen molar-refractivity contribution in [2.75, 3.05) is 7.11 Å². The summed E-state index contributed by atoms with van der Waals surface area (Å²) in [4.78, 5) is 11.7. The fraction of sp³-hybridized carbons (Fsp3) is 0.273. The second-order valence-corrected chi connectivity index (χ2v) is 4.49. The van der Waals surface area contributed by atoms with E-state index in [0.717, 1.165) is 15.8 Å². The van der Waals surface area contributed by atoms with Gasteiger partial charge in [0.15, 0.2) is 0 Å². The number of hydrogen-bond donors (Lipinski definition) is 0. The van der Waals surface area contributed by atoms with Crippen molar-refractivity contribution in [1.29, 1.82) is 0 Å². The molecule has 2 aromatic rings. The van der Waals surface area contributed by atoms with Crippen molar-refractivity contribution < 1.29 is 4.74 Å². The fourth-order valence-electron chi connectivity index (χ4n) is 1.49. The van der Waals surface area contributed by atoms with Crippen LogP contribution in [0.25, 0.3) is 0 Å². The molecule has 0 bridgehead atoms. The smallest absolute Gasteiger partial charge is 0.345 e. The second kappa shape index (κ2) is 4.75. The van der Waals surface area contributed by atoms with Gasteiger partial charge in [0.1, 0.15) is 12.1 Å². The third kappa shape index (κ3) is 2.41. The van der Waals surface area contributed by atoms with Gasteiger partial charge in [-0.05, 0) is 23.8 Å². The summed E-state index contributed by atoms with van der Waals surface area (Å²) in [5.41, 5.74) is 0.810. The van der Waals surface area contributed by atoms with Gasteiger partial charge < -0.3 is 4.74 Å². The molecule has 0 saturated carbocycles. The second-order valence-electron chi connectivity index (χ2n) is 3.64. The summed E-state index contributed by atoms with van der Waals surface area (Å²) >= 11 is 3.44. The van der Waals surface area contributed by atoms with Crippen molar-refractivity contribution in [2.45, 2.75) is 6.54 Å². The Morgan fingerprint density at radius 1 is 1.47 bits per heavy atom. The zero-order valence-corrected chi connectivity index (χ0v) is 11.1. The molecule has 0 atom stereocenters. The van der Waals surface area contributed by atoms with E-state index >= 15 is 0 Å². The van der Waals surface area contributed by atoms with Gasteiger partial charge in [-0.25, -0.2) is 9.48 Å². The van der Waals surface area contributed by atoms with E-state index in [-0.39, 0.29) is 5.69 Å². The fourth-order valence-corrected chi connectivity index (χ4v) is 1.86. The summed E-state index contributed by atoms with van der Waals surface area (Å²) in [5, 5.41) is 4.01.